The van der Waals surface area contributed by atoms with Gasteiger partial charge in [-0.05, 0) is 24.1 Å². The van der Waals surface area contributed by atoms with E-state index in [1.165, 1.54) is 4.90 Å². The lowest BCUT2D eigenvalue weighted by Crippen LogP contribution is -2.39. The Morgan fingerprint density at radius 1 is 1.40 bits per heavy atom. The molecule has 1 rings (SSSR count). The molecule has 0 fully saturated rings. The molecule has 140 valence electrons. The number of ether oxygens (including phenoxy) is 1. The summed E-state index contributed by atoms with van der Waals surface area (Å²) in [6.07, 6.45) is 2.45. The molecule has 0 aliphatic rings. The fourth-order valence-corrected chi connectivity index (χ4v) is 2.07. The van der Waals surface area contributed by atoms with Gasteiger partial charge in [-0.25, -0.2) is 4.99 Å². The Labute approximate surface area is 171 Å². The second-order valence-electron chi connectivity index (χ2n) is 5.26. The third-order valence-electron chi connectivity index (χ3n) is 3.23. The molecule has 0 aliphatic heterocycles. The van der Waals surface area contributed by atoms with Crippen molar-refractivity contribution < 1.29 is 9.53 Å². The van der Waals surface area contributed by atoms with E-state index in [1.807, 2.05) is 12.1 Å². The van der Waals surface area contributed by atoms with Gasteiger partial charge in [-0.2, -0.15) is 0 Å². The number of aliphatic imine (C=N–C) groups is 1. The van der Waals surface area contributed by atoms with Crippen molar-refractivity contribution in [3.8, 4) is 5.75 Å². The zero-order valence-electron chi connectivity index (χ0n) is 14.8. The Bertz CT molecular complexity index is 594. The minimum Gasteiger partial charge on any atom is -0.497 e. The van der Waals surface area contributed by atoms with Crippen molar-refractivity contribution in [1.29, 1.82) is 0 Å². The maximum absolute atomic E-state index is 11.6. The van der Waals surface area contributed by atoms with Crippen molar-refractivity contribution >= 4 is 47.4 Å². The van der Waals surface area contributed by atoms with Crippen LogP contribution in [0.5, 0.6) is 5.75 Å². The van der Waals surface area contributed by atoms with Crippen LogP contribution in [0, 0.1) is 0 Å². The molecular weight excluding hydrogens is 455 g/mol. The number of halogens is 2. The van der Waals surface area contributed by atoms with Crippen LogP contribution >= 0.6 is 35.6 Å². The molecule has 8 heteroatoms. The molecule has 0 aromatic heterocycles. The van der Waals surface area contributed by atoms with Crippen molar-refractivity contribution in [2.45, 2.75) is 6.42 Å². The predicted molar refractivity (Wildman–Crippen MR) is 114 cm³/mol. The second kappa shape index (κ2) is 12.8. The first-order valence-electron chi connectivity index (χ1n) is 7.63. The van der Waals surface area contributed by atoms with Gasteiger partial charge in [0.25, 0.3) is 0 Å². The lowest BCUT2D eigenvalue weighted by atomic mass is 10.1. The van der Waals surface area contributed by atoms with E-state index in [1.54, 1.807) is 33.3 Å². The lowest BCUT2D eigenvalue weighted by Gasteiger charge is -2.13. The quantitative estimate of drug-likeness (QED) is 0.259. The number of rotatable bonds is 8. The van der Waals surface area contributed by atoms with Crippen LogP contribution in [0.25, 0.3) is 0 Å². The van der Waals surface area contributed by atoms with Gasteiger partial charge in [0, 0.05) is 32.2 Å². The normalized spacial score (nSPS) is 10.5. The highest BCUT2D eigenvalue weighted by molar-refractivity contribution is 14.0. The lowest BCUT2D eigenvalue weighted by molar-refractivity contribution is -0.127. The minimum absolute atomic E-state index is 0. The Balaban J connectivity index is 0.00000576. The number of methoxy groups -OCH3 is 1. The monoisotopic (exact) mass is 480 g/mol. The average molecular weight is 481 g/mol. The molecule has 1 aromatic rings. The fourth-order valence-electron chi connectivity index (χ4n) is 1.80. The van der Waals surface area contributed by atoms with E-state index >= 15 is 0 Å². The summed E-state index contributed by atoms with van der Waals surface area (Å²) in [7, 11) is 5.01. The molecule has 2 N–H and O–H groups in total. The van der Waals surface area contributed by atoms with E-state index in [0.717, 1.165) is 17.7 Å². The fraction of sp³-hybridized carbons (Fsp3) is 0.412. The first-order chi connectivity index (χ1) is 11.5. The topological polar surface area (TPSA) is 66.0 Å². The summed E-state index contributed by atoms with van der Waals surface area (Å²) in [5.74, 6) is 1.23. The number of benzene rings is 1. The van der Waals surface area contributed by atoms with E-state index < -0.39 is 0 Å². The molecular formula is C17H26ClIN4O2. The smallest absolute Gasteiger partial charge is 0.243 e. The summed E-state index contributed by atoms with van der Waals surface area (Å²) < 4.78 is 5.14. The summed E-state index contributed by atoms with van der Waals surface area (Å²) in [6.45, 7) is 4.94. The van der Waals surface area contributed by atoms with Crippen LogP contribution in [-0.2, 0) is 11.2 Å². The molecule has 0 saturated carbocycles. The standard InChI is InChI=1S/C17H25ClN4O2.HI/c1-5-9-19-17(21-12-16(23)22(2)3)20-10-8-13-6-7-14(24-4)11-15(13)18;/h5-7,11H,1,8-10,12H2,2-4H3,(H2,19,20,21);1H. The number of hydrogen-bond donors (Lipinski definition) is 2. The number of nitrogens with one attached hydrogen (secondary N) is 2. The number of carbonyl (C=O) groups excluding carboxylic acids is 1. The number of likely N-dealkylation sites (N-methyl/N-ethyl adjacent to an activating group) is 1. The maximum Gasteiger partial charge on any atom is 0.243 e. The Morgan fingerprint density at radius 2 is 2.12 bits per heavy atom. The van der Waals surface area contributed by atoms with Gasteiger partial charge < -0.3 is 20.3 Å². The summed E-state index contributed by atoms with van der Waals surface area (Å²) in [4.78, 5) is 17.4. The zero-order valence-corrected chi connectivity index (χ0v) is 17.9. The van der Waals surface area contributed by atoms with Gasteiger partial charge in [-0.1, -0.05) is 23.7 Å². The molecule has 1 aromatic carbocycles. The third kappa shape index (κ3) is 8.97. The molecule has 0 unspecified atom stereocenters. The van der Waals surface area contributed by atoms with Gasteiger partial charge >= 0.3 is 0 Å². The van der Waals surface area contributed by atoms with Crippen molar-refractivity contribution in [3.63, 3.8) is 0 Å². The van der Waals surface area contributed by atoms with Gasteiger partial charge in [-0.15, -0.1) is 30.6 Å². The molecule has 0 heterocycles. The van der Waals surface area contributed by atoms with Gasteiger partial charge in [0.05, 0.1) is 7.11 Å². The average Bonchev–Trinajstić information content (AvgIpc) is 2.57. The van der Waals surface area contributed by atoms with Crippen molar-refractivity contribution in [3.05, 3.63) is 41.4 Å². The molecule has 0 atom stereocenters. The first kappa shape index (κ1) is 23.5. The van der Waals surface area contributed by atoms with E-state index in [2.05, 4.69) is 22.2 Å². The van der Waals surface area contributed by atoms with Crippen LogP contribution in [-0.4, -0.2) is 57.6 Å². The van der Waals surface area contributed by atoms with Gasteiger partial charge in [0.1, 0.15) is 12.3 Å². The summed E-state index contributed by atoms with van der Waals surface area (Å²) in [5.41, 5.74) is 1.01. The highest BCUT2D eigenvalue weighted by Gasteiger charge is 2.05. The van der Waals surface area contributed by atoms with E-state index in [-0.39, 0.29) is 36.4 Å². The van der Waals surface area contributed by atoms with Crippen LogP contribution in [0.4, 0.5) is 0 Å². The number of guanidine groups is 1. The van der Waals surface area contributed by atoms with Crippen molar-refractivity contribution in [1.82, 2.24) is 15.5 Å². The van der Waals surface area contributed by atoms with Gasteiger partial charge in [0.2, 0.25) is 5.91 Å². The molecule has 0 aliphatic carbocycles. The molecule has 25 heavy (non-hydrogen) atoms. The Kier molecular flexibility index (Phi) is 12.1. The molecule has 0 bridgehead atoms. The molecule has 0 spiro atoms. The summed E-state index contributed by atoms with van der Waals surface area (Å²) in [6, 6.07) is 5.60. The van der Waals surface area contributed by atoms with Crippen LogP contribution in [0.1, 0.15) is 5.56 Å². The SMILES string of the molecule is C=CCNC(=NCC(=O)N(C)C)NCCc1ccc(OC)cc1Cl.I. The van der Waals surface area contributed by atoms with E-state index in [0.29, 0.717) is 24.1 Å². The first-order valence-corrected chi connectivity index (χ1v) is 8.01. The molecule has 0 saturated heterocycles. The Hall–Kier alpha value is -1.48. The van der Waals surface area contributed by atoms with Crippen LogP contribution in [0.3, 0.4) is 0 Å². The highest BCUT2D eigenvalue weighted by Crippen LogP contribution is 2.22. The number of amides is 1. The largest absolute Gasteiger partial charge is 0.497 e. The number of carbonyl (C=O) groups is 1. The van der Waals surface area contributed by atoms with Gasteiger partial charge in [-0.3, -0.25) is 4.79 Å². The van der Waals surface area contributed by atoms with Gasteiger partial charge in [0.15, 0.2) is 5.96 Å². The van der Waals surface area contributed by atoms with Crippen molar-refractivity contribution in [2.24, 2.45) is 4.99 Å². The van der Waals surface area contributed by atoms with Crippen LogP contribution in [0.2, 0.25) is 5.02 Å². The zero-order chi connectivity index (χ0) is 17.9. The highest BCUT2D eigenvalue weighted by atomic mass is 127. The summed E-state index contributed by atoms with van der Waals surface area (Å²) in [5, 5.41) is 6.93. The Morgan fingerprint density at radius 3 is 2.68 bits per heavy atom. The minimum atomic E-state index is -0.0621. The maximum atomic E-state index is 11.6. The van der Waals surface area contributed by atoms with Crippen LogP contribution < -0.4 is 15.4 Å². The number of nitrogens with zero attached hydrogens (tertiary/aromatic N) is 2. The summed E-state index contributed by atoms with van der Waals surface area (Å²) >= 11 is 6.23. The van der Waals surface area contributed by atoms with E-state index in [9.17, 15) is 4.79 Å². The van der Waals surface area contributed by atoms with Crippen LogP contribution in [0.15, 0.2) is 35.8 Å². The van der Waals surface area contributed by atoms with Crippen molar-refractivity contribution in [2.75, 3.05) is 40.8 Å². The molecule has 6 nitrogen and oxygen atoms in total. The second-order valence-corrected chi connectivity index (χ2v) is 5.66. The van der Waals surface area contributed by atoms with E-state index in [4.69, 9.17) is 16.3 Å². The number of hydrogen-bond acceptors (Lipinski definition) is 3. The third-order valence-corrected chi connectivity index (χ3v) is 3.58. The predicted octanol–water partition coefficient (Wildman–Crippen LogP) is 2.32. The molecule has 1 amide bonds. The molecule has 0 radical (unpaired) electrons.